The third-order valence-electron chi connectivity index (χ3n) is 7.33. The van der Waals surface area contributed by atoms with Gasteiger partial charge >= 0.3 is 6.18 Å². The molecule has 0 saturated carbocycles. The van der Waals surface area contributed by atoms with E-state index in [0.29, 0.717) is 40.9 Å². The lowest BCUT2D eigenvalue weighted by Gasteiger charge is -2.35. The predicted molar refractivity (Wildman–Crippen MR) is 165 cm³/mol. The Morgan fingerprint density at radius 1 is 0.933 bits per heavy atom. The number of rotatable bonds is 9. The summed E-state index contributed by atoms with van der Waals surface area (Å²) in [5.41, 5.74) is 0.635. The molecule has 2 aromatic heterocycles. The number of hydrogen-bond acceptors (Lipinski definition) is 8. The van der Waals surface area contributed by atoms with Crippen LogP contribution in [0.2, 0.25) is 0 Å². The maximum atomic E-state index is 13.1. The Kier molecular flexibility index (Phi) is 9.34. The van der Waals surface area contributed by atoms with Crippen LogP contribution in [0.25, 0.3) is 0 Å². The van der Waals surface area contributed by atoms with E-state index in [-0.39, 0.29) is 17.9 Å². The first-order valence-corrected chi connectivity index (χ1v) is 14.3. The molecule has 5 N–H and O–H groups in total. The number of carbonyl (C=O) groups excluding carboxylic acids is 2. The number of nitrogens with zero attached hydrogens (tertiary/aromatic N) is 4. The van der Waals surface area contributed by atoms with Gasteiger partial charge in [0.1, 0.15) is 29.0 Å². The molecule has 1 fully saturated rings. The van der Waals surface area contributed by atoms with Crippen molar-refractivity contribution in [3.05, 3.63) is 88.9 Å². The van der Waals surface area contributed by atoms with Crippen LogP contribution in [0.1, 0.15) is 37.8 Å². The number of alkyl halides is 3. The highest BCUT2D eigenvalue weighted by Crippen LogP contribution is 2.30. The molecular weight excluding hydrogens is 589 g/mol. The number of aliphatic hydroxyl groups is 1. The van der Waals surface area contributed by atoms with Crippen LogP contribution < -0.4 is 20.9 Å². The van der Waals surface area contributed by atoms with Crippen LogP contribution in [0.5, 0.6) is 0 Å². The first-order chi connectivity index (χ1) is 21.5. The van der Waals surface area contributed by atoms with Gasteiger partial charge in [-0.2, -0.15) is 13.2 Å². The van der Waals surface area contributed by atoms with E-state index >= 15 is 0 Å². The van der Waals surface area contributed by atoms with E-state index in [9.17, 15) is 27.9 Å². The van der Waals surface area contributed by atoms with E-state index in [1.165, 1.54) is 18.2 Å². The molecule has 3 heterocycles. The molecule has 14 heteroatoms. The Bertz CT molecular complexity index is 1680. The van der Waals surface area contributed by atoms with Crippen LogP contribution in [-0.2, 0) is 6.18 Å². The zero-order chi connectivity index (χ0) is 32.1. The monoisotopic (exact) mass is 622 g/mol. The van der Waals surface area contributed by atoms with Gasteiger partial charge in [0.05, 0.1) is 12.2 Å². The Balaban J connectivity index is 1.23. The lowest BCUT2D eigenvalue weighted by atomic mass is 10.1. The number of aliphatic hydroxyl groups excluding tert-OH is 1. The smallest absolute Gasteiger partial charge is 0.395 e. The molecule has 4 aromatic rings. The maximum absolute atomic E-state index is 13.1. The second-order valence-corrected chi connectivity index (χ2v) is 10.6. The summed E-state index contributed by atoms with van der Waals surface area (Å²) in [6.45, 7) is 7.57. The van der Waals surface area contributed by atoms with Crippen molar-refractivity contribution in [2.24, 2.45) is 0 Å². The molecule has 0 bridgehead atoms. The number of aromatic nitrogens is 3. The second kappa shape index (κ2) is 13.4. The first kappa shape index (κ1) is 31.5. The molecular formula is C31H33F3N8O3. The van der Waals surface area contributed by atoms with Crippen molar-refractivity contribution in [3.63, 3.8) is 0 Å². The second-order valence-electron chi connectivity index (χ2n) is 10.6. The minimum absolute atomic E-state index is 0.132. The fourth-order valence-electron chi connectivity index (χ4n) is 4.92. The number of β-amino-alcohol motifs (C(OH)–C–C–N with tert-alkyl or cyclic N) is 1. The summed E-state index contributed by atoms with van der Waals surface area (Å²) in [5.74, 6) is 1.32. The van der Waals surface area contributed by atoms with E-state index < -0.39 is 23.6 Å². The number of H-pyrrole nitrogens is 1. The van der Waals surface area contributed by atoms with Crippen molar-refractivity contribution in [3.8, 4) is 0 Å². The van der Waals surface area contributed by atoms with E-state index in [2.05, 4.69) is 40.7 Å². The molecule has 1 aliphatic heterocycles. The number of carbonyl (C=O) groups is 2. The quantitative estimate of drug-likeness (QED) is 0.180. The fraction of sp³-hybridized carbons (Fsp3) is 0.290. The minimum Gasteiger partial charge on any atom is -0.395 e. The normalized spacial score (nSPS) is 13.9. The summed E-state index contributed by atoms with van der Waals surface area (Å²) in [7, 11) is 0. The Morgan fingerprint density at radius 2 is 1.71 bits per heavy atom. The number of anilines is 5. The van der Waals surface area contributed by atoms with Crippen molar-refractivity contribution in [1.82, 2.24) is 19.9 Å². The molecule has 236 valence electrons. The molecule has 45 heavy (non-hydrogen) atoms. The van der Waals surface area contributed by atoms with Gasteiger partial charge in [0.2, 0.25) is 0 Å². The highest BCUT2D eigenvalue weighted by Gasteiger charge is 2.31. The number of aromatic amines is 1. The molecule has 2 amide bonds. The SMILES string of the molecule is Cc1nc(Nc2ccc(C(=O)Nc3cc(NC(=O)c4cccc(C(F)(F)F)c4)ccc3C)[nH]2)cc(N2CCN(CCO)CC2)n1. The van der Waals surface area contributed by atoms with Crippen LogP contribution in [0.15, 0.2) is 60.7 Å². The van der Waals surface area contributed by atoms with Crippen molar-refractivity contribution in [2.45, 2.75) is 20.0 Å². The Morgan fingerprint density at radius 3 is 2.44 bits per heavy atom. The molecule has 2 aromatic carbocycles. The van der Waals surface area contributed by atoms with E-state index in [4.69, 9.17) is 0 Å². The third kappa shape index (κ3) is 7.96. The molecule has 0 radical (unpaired) electrons. The molecule has 1 aliphatic rings. The van der Waals surface area contributed by atoms with Crippen LogP contribution in [0, 0.1) is 13.8 Å². The summed E-state index contributed by atoms with van der Waals surface area (Å²) in [4.78, 5) is 42.2. The van der Waals surface area contributed by atoms with Crippen molar-refractivity contribution in [1.29, 1.82) is 0 Å². The first-order valence-electron chi connectivity index (χ1n) is 14.3. The van der Waals surface area contributed by atoms with E-state index in [1.54, 1.807) is 31.2 Å². The minimum atomic E-state index is -4.57. The number of halogens is 3. The lowest BCUT2D eigenvalue weighted by Crippen LogP contribution is -2.47. The van der Waals surface area contributed by atoms with Crippen molar-refractivity contribution < 1.29 is 27.9 Å². The number of piperazine rings is 1. The van der Waals surface area contributed by atoms with Crippen molar-refractivity contribution >= 4 is 40.6 Å². The summed E-state index contributed by atoms with van der Waals surface area (Å²) >= 11 is 0. The zero-order valence-electron chi connectivity index (χ0n) is 24.7. The molecule has 0 aliphatic carbocycles. The lowest BCUT2D eigenvalue weighted by molar-refractivity contribution is -0.137. The average Bonchev–Trinajstić information content (AvgIpc) is 3.47. The molecule has 5 rings (SSSR count). The number of aryl methyl sites for hydroxylation is 2. The van der Waals surface area contributed by atoms with Gasteiger partial charge in [-0.1, -0.05) is 12.1 Å². The van der Waals surface area contributed by atoms with Crippen LogP contribution >= 0.6 is 0 Å². The Labute approximate surface area is 257 Å². The average molecular weight is 623 g/mol. The molecule has 0 unspecified atom stereocenters. The van der Waals surface area contributed by atoms with Gasteiger partial charge in [-0.3, -0.25) is 14.5 Å². The van der Waals surface area contributed by atoms with Gasteiger partial charge in [-0.15, -0.1) is 0 Å². The van der Waals surface area contributed by atoms with Gasteiger partial charge in [0, 0.05) is 55.7 Å². The van der Waals surface area contributed by atoms with Crippen LogP contribution in [0.4, 0.5) is 42.0 Å². The number of hydrogen-bond donors (Lipinski definition) is 5. The fourth-order valence-corrected chi connectivity index (χ4v) is 4.92. The maximum Gasteiger partial charge on any atom is 0.416 e. The van der Waals surface area contributed by atoms with Crippen LogP contribution in [-0.4, -0.2) is 76.1 Å². The molecule has 0 spiro atoms. The van der Waals surface area contributed by atoms with Gasteiger partial charge in [0.15, 0.2) is 0 Å². The van der Waals surface area contributed by atoms with E-state index in [0.717, 1.165) is 44.1 Å². The highest BCUT2D eigenvalue weighted by molar-refractivity contribution is 6.06. The summed E-state index contributed by atoms with van der Waals surface area (Å²) < 4.78 is 39.2. The zero-order valence-corrected chi connectivity index (χ0v) is 24.7. The van der Waals surface area contributed by atoms with E-state index in [1.807, 2.05) is 13.0 Å². The van der Waals surface area contributed by atoms with Gasteiger partial charge in [-0.25, -0.2) is 9.97 Å². The van der Waals surface area contributed by atoms with Gasteiger partial charge < -0.3 is 30.9 Å². The largest absolute Gasteiger partial charge is 0.416 e. The predicted octanol–water partition coefficient (Wildman–Crippen LogP) is 4.80. The highest BCUT2D eigenvalue weighted by atomic mass is 19.4. The third-order valence-corrected chi connectivity index (χ3v) is 7.33. The van der Waals surface area contributed by atoms with Crippen molar-refractivity contribution in [2.75, 3.05) is 60.2 Å². The number of amides is 2. The van der Waals surface area contributed by atoms with Gasteiger partial charge in [0.25, 0.3) is 11.8 Å². The topological polar surface area (TPSA) is 139 Å². The van der Waals surface area contributed by atoms with Gasteiger partial charge in [-0.05, 0) is 61.9 Å². The standard InChI is InChI=1S/C31H33F3N8O3/c1-19-6-7-23(37-29(44)21-4-3-5-22(16-21)31(32,33)34)17-25(19)39-30(45)24-8-9-26(38-24)40-27-18-28(36-20(2)35-27)42-12-10-41(11-13-42)14-15-43/h3-9,16-18,38,43H,10-15H2,1-2H3,(H,37,44)(H,39,45)(H,35,36,40). The summed E-state index contributed by atoms with van der Waals surface area (Å²) in [6, 6.07) is 14.1. The Hall–Kier alpha value is -4.95. The number of benzene rings is 2. The molecule has 1 saturated heterocycles. The van der Waals surface area contributed by atoms with Crippen LogP contribution in [0.3, 0.4) is 0 Å². The number of nitrogens with one attached hydrogen (secondary N) is 4. The summed E-state index contributed by atoms with van der Waals surface area (Å²) in [5, 5.41) is 17.8. The summed E-state index contributed by atoms with van der Waals surface area (Å²) in [6.07, 6.45) is -4.57. The molecule has 11 nitrogen and oxygen atoms in total. The molecule has 0 atom stereocenters.